The number of carbonyl (C=O) groups is 1. The Morgan fingerprint density at radius 2 is 1.89 bits per heavy atom. The Morgan fingerprint density at radius 1 is 1.11 bits per heavy atom. The molecule has 2 aromatic carbocycles. The number of halogens is 1. The van der Waals surface area contributed by atoms with E-state index in [1.807, 2.05) is 35.0 Å². The number of nitrogens with zero attached hydrogens (tertiary/aromatic N) is 2. The van der Waals surface area contributed by atoms with Crippen molar-refractivity contribution in [2.24, 2.45) is 0 Å². The van der Waals surface area contributed by atoms with E-state index in [4.69, 9.17) is 0 Å². The highest BCUT2D eigenvalue weighted by Gasteiger charge is 2.02. The van der Waals surface area contributed by atoms with Gasteiger partial charge in [-0.3, -0.25) is 0 Å². The maximum absolute atomic E-state index is 12.8. The molecule has 2 N–H and O–H groups in total. The average Bonchev–Trinajstić information content (AvgIpc) is 3.18. The molecule has 27 heavy (non-hydrogen) atoms. The molecule has 0 bridgehead atoms. The minimum atomic E-state index is -0.229. The highest BCUT2D eigenvalue weighted by molar-refractivity contribution is 7.99. The number of thioether (sulfide) groups is 1. The number of carbonyl (C=O) groups excluding carboxylic acids is 1. The van der Waals surface area contributed by atoms with Crippen LogP contribution in [0.25, 0.3) is 0 Å². The molecule has 0 radical (unpaired) electrons. The van der Waals surface area contributed by atoms with E-state index in [-0.39, 0.29) is 11.8 Å². The summed E-state index contributed by atoms with van der Waals surface area (Å²) >= 11 is 1.64. The molecule has 140 valence electrons. The number of aromatic nitrogens is 2. The van der Waals surface area contributed by atoms with E-state index >= 15 is 0 Å². The Bertz CT molecular complexity index is 835. The Labute approximate surface area is 162 Å². The molecule has 7 heteroatoms. The van der Waals surface area contributed by atoms with Crippen LogP contribution in [0.15, 0.2) is 72.1 Å². The molecule has 1 heterocycles. The maximum atomic E-state index is 12.8. The van der Waals surface area contributed by atoms with Gasteiger partial charge < -0.3 is 15.2 Å². The van der Waals surface area contributed by atoms with E-state index in [1.165, 1.54) is 12.1 Å². The lowest BCUT2D eigenvalue weighted by Gasteiger charge is -2.09. The Hall–Kier alpha value is -2.80. The van der Waals surface area contributed by atoms with E-state index < -0.39 is 0 Å². The van der Waals surface area contributed by atoms with Crippen molar-refractivity contribution < 1.29 is 9.18 Å². The molecular formula is C20H21FN4OS. The van der Waals surface area contributed by atoms with Crippen LogP contribution in [0.3, 0.4) is 0 Å². The SMILES string of the molecule is O=C(NCCCSc1ccc(F)cc1)Nc1ccc(Cn2ccnc2)cc1. The third-order valence-electron chi connectivity index (χ3n) is 3.83. The monoisotopic (exact) mass is 384 g/mol. The zero-order valence-corrected chi connectivity index (χ0v) is 15.6. The van der Waals surface area contributed by atoms with E-state index in [0.29, 0.717) is 6.54 Å². The Balaban J connectivity index is 1.33. The number of hydrogen-bond donors (Lipinski definition) is 2. The average molecular weight is 384 g/mol. The Morgan fingerprint density at radius 3 is 2.59 bits per heavy atom. The largest absolute Gasteiger partial charge is 0.338 e. The first kappa shape index (κ1) is 19.0. The molecule has 0 aliphatic carbocycles. The van der Waals surface area contributed by atoms with Gasteiger partial charge in [0.15, 0.2) is 0 Å². The second kappa shape index (κ2) is 9.78. The summed E-state index contributed by atoms with van der Waals surface area (Å²) in [6.45, 7) is 1.33. The van der Waals surface area contributed by atoms with Crippen LogP contribution in [0.5, 0.6) is 0 Å². The number of urea groups is 1. The lowest BCUT2D eigenvalue weighted by atomic mass is 10.2. The fraction of sp³-hybridized carbons (Fsp3) is 0.200. The van der Waals surface area contributed by atoms with Crippen molar-refractivity contribution in [1.29, 1.82) is 0 Å². The van der Waals surface area contributed by atoms with Gasteiger partial charge in [-0.05, 0) is 54.1 Å². The lowest BCUT2D eigenvalue weighted by Crippen LogP contribution is -2.29. The van der Waals surface area contributed by atoms with Gasteiger partial charge in [0.05, 0.1) is 6.33 Å². The number of rotatable bonds is 8. The summed E-state index contributed by atoms with van der Waals surface area (Å²) in [6, 6.07) is 13.9. The normalized spacial score (nSPS) is 10.6. The maximum Gasteiger partial charge on any atom is 0.319 e. The van der Waals surface area contributed by atoms with E-state index in [0.717, 1.165) is 34.9 Å². The fourth-order valence-electron chi connectivity index (χ4n) is 2.45. The van der Waals surface area contributed by atoms with Crippen LogP contribution in [0.4, 0.5) is 14.9 Å². The molecule has 0 atom stereocenters. The van der Waals surface area contributed by atoms with E-state index in [1.54, 1.807) is 36.4 Å². The van der Waals surface area contributed by atoms with Crippen LogP contribution in [0.2, 0.25) is 0 Å². The third-order valence-corrected chi connectivity index (χ3v) is 4.92. The number of hydrogen-bond acceptors (Lipinski definition) is 3. The predicted molar refractivity (Wildman–Crippen MR) is 107 cm³/mol. The molecule has 0 spiro atoms. The highest BCUT2D eigenvalue weighted by atomic mass is 32.2. The van der Waals surface area contributed by atoms with Crippen LogP contribution in [0, 0.1) is 5.82 Å². The van der Waals surface area contributed by atoms with Crippen LogP contribution in [-0.4, -0.2) is 27.9 Å². The highest BCUT2D eigenvalue weighted by Crippen LogP contribution is 2.18. The van der Waals surface area contributed by atoms with Crippen LogP contribution >= 0.6 is 11.8 Å². The first-order valence-corrected chi connectivity index (χ1v) is 9.65. The summed E-state index contributed by atoms with van der Waals surface area (Å²) in [5, 5.41) is 5.67. The van der Waals surface area contributed by atoms with Crippen molar-refractivity contribution in [3.05, 3.63) is 78.6 Å². The summed E-state index contributed by atoms with van der Waals surface area (Å²) in [5.74, 6) is 0.627. The predicted octanol–water partition coefficient (Wildman–Crippen LogP) is 4.37. The van der Waals surface area contributed by atoms with Crippen molar-refractivity contribution in [2.45, 2.75) is 17.9 Å². The van der Waals surface area contributed by atoms with Crippen LogP contribution < -0.4 is 10.6 Å². The molecule has 0 fully saturated rings. The topological polar surface area (TPSA) is 59.0 Å². The molecule has 0 saturated carbocycles. The first-order valence-electron chi connectivity index (χ1n) is 8.67. The second-order valence-corrected chi connectivity index (χ2v) is 7.14. The van der Waals surface area contributed by atoms with Gasteiger partial charge in [-0.15, -0.1) is 11.8 Å². The lowest BCUT2D eigenvalue weighted by molar-refractivity contribution is 0.252. The zero-order chi connectivity index (χ0) is 18.9. The van der Waals surface area contributed by atoms with E-state index in [9.17, 15) is 9.18 Å². The molecule has 0 saturated heterocycles. The molecule has 0 aliphatic heterocycles. The van der Waals surface area contributed by atoms with Gasteiger partial charge in [0, 0.05) is 36.1 Å². The third kappa shape index (κ3) is 6.45. The minimum absolute atomic E-state index is 0.218. The van der Waals surface area contributed by atoms with Crippen molar-refractivity contribution in [3.8, 4) is 0 Å². The summed E-state index contributed by atoms with van der Waals surface area (Å²) in [7, 11) is 0. The number of nitrogens with one attached hydrogen (secondary N) is 2. The molecule has 0 aliphatic rings. The van der Waals surface area contributed by atoms with Crippen molar-refractivity contribution in [2.75, 3.05) is 17.6 Å². The number of benzene rings is 2. The van der Waals surface area contributed by atoms with Gasteiger partial charge in [-0.25, -0.2) is 14.2 Å². The summed E-state index contributed by atoms with van der Waals surface area (Å²) < 4.78 is 14.8. The van der Waals surface area contributed by atoms with Crippen molar-refractivity contribution in [3.63, 3.8) is 0 Å². The molecule has 2 amide bonds. The summed E-state index contributed by atoms with van der Waals surface area (Å²) in [6.07, 6.45) is 6.26. The van der Waals surface area contributed by atoms with Gasteiger partial charge in [-0.1, -0.05) is 12.1 Å². The zero-order valence-electron chi connectivity index (χ0n) is 14.8. The molecule has 3 rings (SSSR count). The second-order valence-electron chi connectivity index (χ2n) is 5.97. The van der Waals surface area contributed by atoms with Gasteiger partial charge in [0.25, 0.3) is 0 Å². The molecule has 5 nitrogen and oxygen atoms in total. The van der Waals surface area contributed by atoms with Gasteiger partial charge in [0.2, 0.25) is 0 Å². The summed E-state index contributed by atoms with van der Waals surface area (Å²) in [4.78, 5) is 17.0. The molecule has 0 unspecified atom stereocenters. The van der Waals surface area contributed by atoms with Crippen molar-refractivity contribution >= 4 is 23.5 Å². The molecular weight excluding hydrogens is 363 g/mol. The first-order chi connectivity index (χ1) is 13.2. The standard InChI is InChI=1S/C20H21FN4OS/c21-17-4-8-19(9-5-17)27-13-1-10-23-20(26)24-18-6-2-16(3-7-18)14-25-12-11-22-15-25/h2-9,11-12,15H,1,10,13-14H2,(H2,23,24,26). The molecule has 1 aromatic heterocycles. The number of amides is 2. The Kier molecular flexibility index (Phi) is 6.87. The van der Waals surface area contributed by atoms with Crippen LogP contribution in [0.1, 0.15) is 12.0 Å². The smallest absolute Gasteiger partial charge is 0.319 e. The summed E-state index contributed by atoms with van der Waals surface area (Å²) in [5.41, 5.74) is 1.89. The quantitative estimate of drug-likeness (QED) is 0.448. The number of anilines is 1. The van der Waals surface area contributed by atoms with E-state index in [2.05, 4.69) is 15.6 Å². The van der Waals surface area contributed by atoms with Crippen molar-refractivity contribution in [1.82, 2.24) is 14.9 Å². The molecule has 3 aromatic rings. The number of imidazole rings is 1. The fourth-order valence-corrected chi connectivity index (χ4v) is 3.31. The van der Waals surface area contributed by atoms with Crippen LogP contribution in [-0.2, 0) is 6.54 Å². The van der Waals surface area contributed by atoms with Gasteiger partial charge in [-0.2, -0.15) is 0 Å². The minimum Gasteiger partial charge on any atom is -0.338 e. The van der Waals surface area contributed by atoms with Gasteiger partial charge >= 0.3 is 6.03 Å². The van der Waals surface area contributed by atoms with Gasteiger partial charge in [0.1, 0.15) is 5.82 Å².